The highest BCUT2D eigenvalue weighted by molar-refractivity contribution is 4.72. The number of rotatable bonds is 11. The Labute approximate surface area is 105 Å². The molecule has 0 bridgehead atoms. The van der Waals surface area contributed by atoms with Crippen molar-refractivity contribution in [1.82, 2.24) is 4.90 Å². The van der Waals surface area contributed by atoms with Crippen LogP contribution < -0.4 is 5.73 Å². The standard InChI is InChI=1S/C13H28N2O2/c1-15(8-9-17-10-12-5-6-12)13(11-16-2)4-3-7-14/h12-13H,3-11,14H2,1-2H3. The first-order valence-corrected chi connectivity index (χ1v) is 6.75. The zero-order valence-electron chi connectivity index (χ0n) is 11.4. The summed E-state index contributed by atoms with van der Waals surface area (Å²) in [6.45, 7) is 4.29. The molecule has 0 heterocycles. The van der Waals surface area contributed by atoms with Gasteiger partial charge in [0.15, 0.2) is 0 Å². The van der Waals surface area contributed by atoms with E-state index in [1.165, 1.54) is 12.8 Å². The summed E-state index contributed by atoms with van der Waals surface area (Å²) >= 11 is 0. The second-order valence-corrected chi connectivity index (χ2v) is 5.04. The third-order valence-corrected chi connectivity index (χ3v) is 3.36. The summed E-state index contributed by atoms with van der Waals surface area (Å²) in [5, 5.41) is 0. The number of ether oxygens (including phenoxy) is 2. The van der Waals surface area contributed by atoms with Crippen LogP contribution in [0.3, 0.4) is 0 Å². The van der Waals surface area contributed by atoms with Gasteiger partial charge in [0.1, 0.15) is 0 Å². The maximum absolute atomic E-state index is 5.65. The third-order valence-electron chi connectivity index (χ3n) is 3.36. The molecular weight excluding hydrogens is 216 g/mol. The predicted molar refractivity (Wildman–Crippen MR) is 70.1 cm³/mol. The van der Waals surface area contributed by atoms with Crippen molar-refractivity contribution < 1.29 is 9.47 Å². The van der Waals surface area contributed by atoms with Gasteiger partial charge in [-0.15, -0.1) is 0 Å². The van der Waals surface area contributed by atoms with Gasteiger partial charge >= 0.3 is 0 Å². The second-order valence-electron chi connectivity index (χ2n) is 5.04. The molecular formula is C13H28N2O2. The average molecular weight is 244 g/mol. The van der Waals surface area contributed by atoms with Crippen LogP contribution in [-0.2, 0) is 9.47 Å². The van der Waals surface area contributed by atoms with Gasteiger partial charge in [0.2, 0.25) is 0 Å². The van der Waals surface area contributed by atoms with Gasteiger partial charge in [-0.1, -0.05) is 0 Å². The molecule has 1 aliphatic rings. The highest BCUT2D eigenvalue weighted by Crippen LogP contribution is 2.28. The maximum atomic E-state index is 5.65. The molecule has 4 heteroatoms. The van der Waals surface area contributed by atoms with Gasteiger partial charge in [0.05, 0.1) is 13.2 Å². The van der Waals surface area contributed by atoms with E-state index in [0.717, 1.165) is 51.7 Å². The second kappa shape index (κ2) is 8.86. The third kappa shape index (κ3) is 6.99. The average Bonchev–Trinajstić information content (AvgIpc) is 3.13. The molecule has 0 aromatic carbocycles. The van der Waals surface area contributed by atoms with Crippen LogP contribution in [0.15, 0.2) is 0 Å². The number of hydrogen-bond acceptors (Lipinski definition) is 4. The van der Waals surface area contributed by atoms with Crippen molar-refractivity contribution in [1.29, 1.82) is 0 Å². The molecule has 1 saturated carbocycles. The maximum Gasteiger partial charge on any atom is 0.0617 e. The molecule has 0 radical (unpaired) electrons. The van der Waals surface area contributed by atoms with E-state index in [0.29, 0.717) is 6.04 Å². The molecule has 102 valence electrons. The Morgan fingerprint density at radius 2 is 2.18 bits per heavy atom. The van der Waals surface area contributed by atoms with Crippen molar-refractivity contribution in [3.8, 4) is 0 Å². The minimum atomic E-state index is 0.466. The zero-order chi connectivity index (χ0) is 12.5. The number of methoxy groups -OCH3 is 1. The summed E-state index contributed by atoms with van der Waals surface area (Å²) in [5.41, 5.74) is 5.55. The lowest BCUT2D eigenvalue weighted by molar-refractivity contribution is 0.0613. The fourth-order valence-corrected chi connectivity index (χ4v) is 1.90. The van der Waals surface area contributed by atoms with Crippen LogP contribution >= 0.6 is 0 Å². The van der Waals surface area contributed by atoms with Gasteiger partial charge < -0.3 is 15.2 Å². The predicted octanol–water partition coefficient (Wildman–Crippen LogP) is 1.10. The van der Waals surface area contributed by atoms with Crippen LogP contribution in [0.1, 0.15) is 25.7 Å². The minimum Gasteiger partial charge on any atom is -0.383 e. The molecule has 1 fully saturated rings. The van der Waals surface area contributed by atoms with Crippen molar-refractivity contribution >= 4 is 0 Å². The highest BCUT2D eigenvalue weighted by atomic mass is 16.5. The SMILES string of the molecule is COCC(CCCN)N(C)CCOCC1CC1. The fourth-order valence-electron chi connectivity index (χ4n) is 1.90. The first kappa shape index (κ1) is 14.9. The summed E-state index contributed by atoms with van der Waals surface area (Å²) < 4.78 is 10.9. The summed E-state index contributed by atoms with van der Waals surface area (Å²) in [7, 11) is 3.90. The van der Waals surface area contributed by atoms with Crippen LogP contribution in [0.2, 0.25) is 0 Å². The van der Waals surface area contributed by atoms with E-state index in [1.54, 1.807) is 7.11 Å². The van der Waals surface area contributed by atoms with Gasteiger partial charge in [0, 0.05) is 26.3 Å². The van der Waals surface area contributed by atoms with Crippen molar-refractivity contribution in [2.24, 2.45) is 11.7 Å². The molecule has 0 aromatic heterocycles. The molecule has 17 heavy (non-hydrogen) atoms. The van der Waals surface area contributed by atoms with Crippen molar-refractivity contribution in [3.05, 3.63) is 0 Å². The van der Waals surface area contributed by atoms with Gasteiger partial charge in [-0.2, -0.15) is 0 Å². The molecule has 2 N–H and O–H groups in total. The van der Waals surface area contributed by atoms with Gasteiger partial charge in [-0.3, -0.25) is 4.90 Å². The monoisotopic (exact) mass is 244 g/mol. The number of nitrogens with zero attached hydrogens (tertiary/aromatic N) is 1. The molecule has 1 rings (SSSR count). The van der Waals surface area contributed by atoms with E-state index in [1.807, 2.05) is 0 Å². The molecule has 1 atom stereocenters. The van der Waals surface area contributed by atoms with Crippen LogP contribution in [0.5, 0.6) is 0 Å². The quantitative estimate of drug-likeness (QED) is 0.553. The molecule has 0 aromatic rings. The van der Waals surface area contributed by atoms with Crippen LogP contribution in [0, 0.1) is 5.92 Å². The highest BCUT2D eigenvalue weighted by Gasteiger charge is 2.21. The molecule has 0 saturated heterocycles. The summed E-state index contributed by atoms with van der Waals surface area (Å²) in [5.74, 6) is 0.854. The van der Waals surface area contributed by atoms with Crippen molar-refractivity contribution in [2.75, 3.05) is 47.1 Å². The van der Waals surface area contributed by atoms with E-state index in [9.17, 15) is 0 Å². The Morgan fingerprint density at radius 1 is 1.41 bits per heavy atom. The fraction of sp³-hybridized carbons (Fsp3) is 1.00. The Hall–Kier alpha value is -0.160. The first-order chi connectivity index (χ1) is 8.27. The molecule has 4 nitrogen and oxygen atoms in total. The lowest BCUT2D eigenvalue weighted by Crippen LogP contribution is -2.38. The van der Waals surface area contributed by atoms with E-state index >= 15 is 0 Å². The smallest absolute Gasteiger partial charge is 0.0617 e. The summed E-state index contributed by atoms with van der Waals surface area (Å²) in [4.78, 5) is 2.33. The van der Waals surface area contributed by atoms with Crippen molar-refractivity contribution in [2.45, 2.75) is 31.7 Å². The van der Waals surface area contributed by atoms with Crippen LogP contribution in [0.25, 0.3) is 0 Å². The van der Waals surface area contributed by atoms with Gasteiger partial charge in [-0.05, 0) is 45.2 Å². The largest absolute Gasteiger partial charge is 0.383 e. The normalized spacial score (nSPS) is 17.6. The van der Waals surface area contributed by atoms with Crippen molar-refractivity contribution in [3.63, 3.8) is 0 Å². The topological polar surface area (TPSA) is 47.7 Å². The van der Waals surface area contributed by atoms with E-state index in [2.05, 4.69) is 11.9 Å². The Bertz CT molecular complexity index is 186. The molecule has 0 amide bonds. The zero-order valence-corrected chi connectivity index (χ0v) is 11.4. The Kier molecular flexibility index (Phi) is 7.77. The van der Waals surface area contributed by atoms with Crippen LogP contribution in [-0.4, -0.2) is 58.0 Å². The minimum absolute atomic E-state index is 0.466. The lowest BCUT2D eigenvalue weighted by Gasteiger charge is -2.27. The lowest BCUT2D eigenvalue weighted by atomic mass is 10.1. The van der Waals surface area contributed by atoms with E-state index in [4.69, 9.17) is 15.2 Å². The number of nitrogens with two attached hydrogens (primary N) is 1. The van der Waals surface area contributed by atoms with Crippen LogP contribution in [0.4, 0.5) is 0 Å². The molecule has 0 aliphatic heterocycles. The molecule has 1 aliphatic carbocycles. The van der Waals surface area contributed by atoms with Gasteiger partial charge in [-0.25, -0.2) is 0 Å². The first-order valence-electron chi connectivity index (χ1n) is 6.75. The number of hydrogen-bond donors (Lipinski definition) is 1. The van der Waals surface area contributed by atoms with E-state index < -0.39 is 0 Å². The molecule has 0 spiro atoms. The van der Waals surface area contributed by atoms with Gasteiger partial charge in [0.25, 0.3) is 0 Å². The van der Waals surface area contributed by atoms with E-state index in [-0.39, 0.29) is 0 Å². The Balaban J connectivity index is 2.08. The Morgan fingerprint density at radius 3 is 2.76 bits per heavy atom. The summed E-state index contributed by atoms with van der Waals surface area (Å²) in [6.07, 6.45) is 4.88. The number of likely N-dealkylation sites (N-methyl/N-ethyl adjacent to an activating group) is 1. The summed E-state index contributed by atoms with van der Waals surface area (Å²) in [6, 6.07) is 0.466. The molecule has 1 unspecified atom stereocenters.